The van der Waals surface area contributed by atoms with Crippen LogP contribution in [0, 0.1) is 11.0 Å². The molecule has 3 rings (SSSR count). The van der Waals surface area contributed by atoms with E-state index in [4.69, 9.17) is 0 Å². The largest absolute Gasteiger partial charge is 0.619 e. The Labute approximate surface area is 153 Å². The van der Waals surface area contributed by atoms with Crippen LogP contribution in [0.4, 0.5) is 4.39 Å². The third kappa shape index (κ3) is 4.12. The summed E-state index contributed by atoms with van der Waals surface area (Å²) >= 11 is 3.38. The minimum atomic E-state index is -0.429. The van der Waals surface area contributed by atoms with Crippen molar-refractivity contribution in [1.82, 2.24) is 0 Å². The number of aromatic nitrogens is 1. The van der Waals surface area contributed by atoms with Gasteiger partial charge in [-0.05, 0) is 35.4 Å². The Morgan fingerprint density at radius 1 is 1.08 bits per heavy atom. The van der Waals surface area contributed by atoms with Crippen LogP contribution in [0.25, 0.3) is 0 Å². The average molecular weight is 400 g/mol. The van der Waals surface area contributed by atoms with Crippen molar-refractivity contribution in [2.75, 3.05) is 0 Å². The summed E-state index contributed by atoms with van der Waals surface area (Å²) in [6.07, 6.45) is 2.63. The zero-order valence-electron chi connectivity index (χ0n) is 13.2. The summed E-state index contributed by atoms with van der Waals surface area (Å²) in [7, 11) is 0. The van der Waals surface area contributed by atoms with Gasteiger partial charge in [-0.25, -0.2) is 4.39 Å². The standard InChI is InChI=1S/C20H15BrFNO2/c21-16-9-7-14(8-10-16)18(17-5-1-2-6-19(17)22)12-20(24)15-4-3-11-23(25)13-15/h1-11,13,18H,12H2. The molecule has 1 aromatic heterocycles. The molecule has 126 valence electrons. The van der Waals surface area contributed by atoms with Crippen LogP contribution < -0.4 is 4.73 Å². The normalized spacial score (nSPS) is 11.9. The van der Waals surface area contributed by atoms with E-state index in [1.807, 2.05) is 24.3 Å². The van der Waals surface area contributed by atoms with Gasteiger partial charge in [0.2, 0.25) is 0 Å². The lowest BCUT2D eigenvalue weighted by Gasteiger charge is -2.18. The maximum atomic E-state index is 14.3. The summed E-state index contributed by atoms with van der Waals surface area (Å²) in [5.74, 6) is -0.987. The molecule has 1 unspecified atom stereocenters. The fourth-order valence-corrected chi connectivity index (χ4v) is 3.05. The second-order valence-electron chi connectivity index (χ2n) is 5.71. The van der Waals surface area contributed by atoms with Crippen LogP contribution in [-0.2, 0) is 0 Å². The van der Waals surface area contributed by atoms with Gasteiger partial charge in [0, 0.05) is 22.9 Å². The number of carbonyl (C=O) groups is 1. The van der Waals surface area contributed by atoms with Crippen LogP contribution in [0.2, 0.25) is 0 Å². The van der Waals surface area contributed by atoms with Crippen LogP contribution >= 0.6 is 15.9 Å². The summed E-state index contributed by atoms with van der Waals surface area (Å²) in [6, 6.07) is 17.0. The van der Waals surface area contributed by atoms with Crippen molar-refractivity contribution in [2.45, 2.75) is 12.3 Å². The predicted molar refractivity (Wildman–Crippen MR) is 96.7 cm³/mol. The van der Waals surface area contributed by atoms with Gasteiger partial charge in [-0.2, -0.15) is 4.73 Å². The molecule has 2 aromatic carbocycles. The van der Waals surface area contributed by atoms with Gasteiger partial charge in [-0.15, -0.1) is 0 Å². The lowest BCUT2D eigenvalue weighted by molar-refractivity contribution is -0.605. The van der Waals surface area contributed by atoms with Gasteiger partial charge in [0.15, 0.2) is 18.2 Å². The van der Waals surface area contributed by atoms with Crippen LogP contribution in [-0.4, -0.2) is 5.78 Å². The summed E-state index contributed by atoms with van der Waals surface area (Å²) < 4.78 is 15.8. The molecule has 0 N–H and O–H groups in total. The zero-order valence-corrected chi connectivity index (χ0v) is 14.8. The molecular formula is C20H15BrFNO2. The van der Waals surface area contributed by atoms with E-state index >= 15 is 0 Å². The number of carbonyl (C=O) groups excluding carboxylic acids is 1. The topological polar surface area (TPSA) is 44.0 Å². The SMILES string of the molecule is O=C(CC(c1ccc(Br)cc1)c1ccccc1F)c1ccc[n+]([O-])c1. The van der Waals surface area contributed by atoms with E-state index in [2.05, 4.69) is 15.9 Å². The van der Waals surface area contributed by atoms with E-state index in [-0.39, 0.29) is 18.0 Å². The van der Waals surface area contributed by atoms with Gasteiger partial charge >= 0.3 is 0 Å². The van der Waals surface area contributed by atoms with Gasteiger partial charge in [0.05, 0.1) is 5.56 Å². The predicted octanol–water partition coefficient (Wildman–Crippen LogP) is 4.63. The average Bonchev–Trinajstić information content (AvgIpc) is 2.61. The lowest BCUT2D eigenvalue weighted by Crippen LogP contribution is -2.26. The Balaban J connectivity index is 1.98. The number of nitrogens with zero attached hydrogens (tertiary/aromatic N) is 1. The number of hydrogen-bond acceptors (Lipinski definition) is 2. The fourth-order valence-electron chi connectivity index (χ4n) is 2.78. The molecule has 0 bridgehead atoms. The van der Waals surface area contributed by atoms with Crippen LogP contribution in [0.5, 0.6) is 0 Å². The second kappa shape index (κ2) is 7.57. The molecule has 5 heteroatoms. The number of pyridine rings is 1. The molecule has 0 fully saturated rings. The first kappa shape index (κ1) is 17.3. The first-order valence-electron chi connectivity index (χ1n) is 7.76. The molecule has 0 saturated carbocycles. The third-order valence-electron chi connectivity index (χ3n) is 4.04. The van der Waals surface area contributed by atoms with Gasteiger partial charge in [-0.1, -0.05) is 46.3 Å². The molecule has 0 aliphatic heterocycles. The summed E-state index contributed by atoms with van der Waals surface area (Å²) in [4.78, 5) is 12.6. The molecule has 25 heavy (non-hydrogen) atoms. The molecule has 0 spiro atoms. The highest BCUT2D eigenvalue weighted by Crippen LogP contribution is 2.31. The fraction of sp³-hybridized carbons (Fsp3) is 0.100. The van der Waals surface area contributed by atoms with Gasteiger partial charge in [-0.3, -0.25) is 4.79 Å². The van der Waals surface area contributed by atoms with E-state index in [0.717, 1.165) is 10.0 Å². The summed E-state index contributed by atoms with van der Waals surface area (Å²) in [5, 5.41) is 11.4. The molecule has 0 saturated heterocycles. The number of halogens is 2. The minimum Gasteiger partial charge on any atom is -0.619 e. The minimum absolute atomic E-state index is 0.0760. The Bertz CT molecular complexity index is 896. The van der Waals surface area contributed by atoms with Gasteiger partial charge in [0.1, 0.15) is 5.82 Å². The highest BCUT2D eigenvalue weighted by Gasteiger charge is 2.22. The van der Waals surface area contributed by atoms with Crippen LogP contribution in [0.15, 0.2) is 77.5 Å². The Morgan fingerprint density at radius 2 is 1.80 bits per heavy atom. The van der Waals surface area contributed by atoms with E-state index in [9.17, 15) is 14.4 Å². The zero-order chi connectivity index (χ0) is 17.8. The molecule has 1 atom stereocenters. The highest BCUT2D eigenvalue weighted by atomic mass is 79.9. The van der Waals surface area contributed by atoms with E-state index < -0.39 is 5.92 Å². The number of rotatable bonds is 5. The van der Waals surface area contributed by atoms with Crippen molar-refractivity contribution >= 4 is 21.7 Å². The summed E-state index contributed by atoms with van der Waals surface area (Å²) in [6.45, 7) is 0. The molecule has 3 nitrogen and oxygen atoms in total. The number of ketones is 1. The monoisotopic (exact) mass is 399 g/mol. The van der Waals surface area contributed by atoms with Crippen LogP contribution in [0.1, 0.15) is 33.8 Å². The third-order valence-corrected chi connectivity index (χ3v) is 4.57. The summed E-state index contributed by atoms with van der Waals surface area (Å²) in [5.41, 5.74) is 1.62. The van der Waals surface area contributed by atoms with Crippen LogP contribution in [0.3, 0.4) is 0 Å². The van der Waals surface area contributed by atoms with Crippen molar-refractivity contribution in [3.05, 3.63) is 105 Å². The van der Waals surface area contributed by atoms with Crippen molar-refractivity contribution in [1.29, 1.82) is 0 Å². The Kier molecular flexibility index (Phi) is 5.24. The van der Waals surface area contributed by atoms with Crippen molar-refractivity contribution in [3.8, 4) is 0 Å². The number of Topliss-reactive ketones (excluding diaryl/α,β-unsaturated/α-hetero) is 1. The molecule has 0 amide bonds. The maximum Gasteiger partial charge on any atom is 0.191 e. The first-order chi connectivity index (χ1) is 12.0. The first-order valence-corrected chi connectivity index (χ1v) is 8.56. The number of hydrogen-bond donors (Lipinski definition) is 0. The smallest absolute Gasteiger partial charge is 0.191 e. The van der Waals surface area contributed by atoms with E-state index in [0.29, 0.717) is 15.9 Å². The quantitative estimate of drug-likeness (QED) is 0.356. The molecule has 0 aliphatic carbocycles. The second-order valence-corrected chi connectivity index (χ2v) is 6.62. The molecule has 1 heterocycles. The van der Waals surface area contributed by atoms with Gasteiger partial charge < -0.3 is 5.21 Å². The number of benzene rings is 2. The molecule has 0 aliphatic rings. The van der Waals surface area contributed by atoms with Crippen molar-refractivity contribution in [2.24, 2.45) is 0 Å². The van der Waals surface area contributed by atoms with Crippen molar-refractivity contribution in [3.63, 3.8) is 0 Å². The van der Waals surface area contributed by atoms with E-state index in [1.165, 1.54) is 24.5 Å². The molecule has 3 aromatic rings. The van der Waals surface area contributed by atoms with E-state index in [1.54, 1.807) is 24.3 Å². The Hall–Kier alpha value is -2.53. The maximum absolute atomic E-state index is 14.3. The molecule has 0 radical (unpaired) electrons. The Morgan fingerprint density at radius 3 is 2.48 bits per heavy atom. The lowest BCUT2D eigenvalue weighted by atomic mass is 9.85. The van der Waals surface area contributed by atoms with Gasteiger partial charge in [0.25, 0.3) is 0 Å². The molecular weight excluding hydrogens is 385 g/mol. The van der Waals surface area contributed by atoms with Crippen molar-refractivity contribution < 1.29 is 13.9 Å². The highest BCUT2D eigenvalue weighted by molar-refractivity contribution is 9.10.